The molecule has 35 heavy (non-hydrogen) atoms. The minimum absolute atomic E-state index is 0.0410. The van der Waals surface area contributed by atoms with Gasteiger partial charge in [-0.3, -0.25) is 14.4 Å². The molecule has 1 atom stereocenters. The Morgan fingerprint density at radius 3 is 2.20 bits per heavy atom. The fourth-order valence-electron chi connectivity index (χ4n) is 3.64. The van der Waals surface area contributed by atoms with Crippen molar-refractivity contribution in [2.24, 2.45) is 5.92 Å². The van der Waals surface area contributed by atoms with E-state index in [1.807, 2.05) is 31.2 Å². The molecule has 0 saturated carbocycles. The second kappa shape index (κ2) is 10.7. The van der Waals surface area contributed by atoms with Crippen molar-refractivity contribution in [1.82, 2.24) is 0 Å². The van der Waals surface area contributed by atoms with E-state index in [-0.39, 0.29) is 24.6 Å². The van der Waals surface area contributed by atoms with E-state index >= 15 is 0 Å². The number of rotatable bonds is 7. The summed E-state index contributed by atoms with van der Waals surface area (Å²) in [4.78, 5) is 51.1. The fourth-order valence-corrected chi connectivity index (χ4v) is 3.90. The van der Waals surface area contributed by atoms with Crippen molar-refractivity contribution in [3.63, 3.8) is 0 Å². The van der Waals surface area contributed by atoms with E-state index in [0.717, 1.165) is 15.7 Å². The Morgan fingerprint density at radius 1 is 0.914 bits per heavy atom. The molecule has 1 aliphatic rings. The van der Waals surface area contributed by atoms with Crippen LogP contribution in [-0.2, 0) is 14.3 Å². The van der Waals surface area contributed by atoms with Crippen LogP contribution in [0.2, 0.25) is 0 Å². The summed E-state index contributed by atoms with van der Waals surface area (Å²) < 4.78 is 11.4. The van der Waals surface area contributed by atoms with E-state index in [0.29, 0.717) is 11.1 Å². The number of esters is 2. The molecular formula is C27H22BrNO6. The summed E-state index contributed by atoms with van der Waals surface area (Å²) >= 11 is 3.31. The molecule has 0 radical (unpaired) electrons. The third-order valence-corrected chi connectivity index (χ3v) is 6.14. The highest BCUT2D eigenvalue weighted by atomic mass is 79.9. The Balaban J connectivity index is 1.28. The van der Waals surface area contributed by atoms with Gasteiger partial charge in [0.15, 0.2) is 12.4 Å². The first kappa shape index (κ1) is 24.3. The molecule has 0 aromatic heterocycles. The highest BCUT2D eigenvalue weighted by Crippen LogP contribution is 2.26. The van der Waals surface area contributed by atoms with Crippen LogP contribution in [0.25, 0.3) is 0 Å². The summed E-state index contributed by atoms with van der Waals surface area (Å²) in [6, 6.07) is 20.2. The number of ether oxygens (including phenoxy) is 2. The van der Waals surface area contributed by atoms with Gasteiger partial charge in [0.05, 0.1) is 11.5 Å². The van der Waals surface area contributed by atoms with Crippen LogP contribution < -0.4 is 9.64 Å². The molecule has 0 unspecified atom stereocenters. The van der Waals surface area contributed by atoms with E-state index in [1.54, 1.807) is 29.2 Å². The summed E-state index contributed by atoms with van der Waals surface area (Å²) in [5.74, 6) is -2.00. The summed E-state index contributed by atoms with van der Waals surface area (Å²) in [6.07, 6.45) is 0.0410. The standard InChI is InChI=1S/C27H22BrNO6/c1-17-2-10-22(11-3-17)29-15-20(14-25(29)31)26(32)34-16-24(30)18-6-12-23(13-7-18)35-27(33)19-4-8-21(28)9-5-19/h2-13,20H,14-16H2,1H3/t20-/m0/s1. The summed E-state index contributed by atoms with van der Waals surface area (Å²) in [6.45, 7) is 1.73. The van der Waals surface area contributed by atoms with Gasteiger partial charge in [0.1, 0.15) is 5.75 Å². The fraction of sp³-hybridized carbons (Fsp3) is 0.185. The molecule has 1 fully saturated rings. The van der Waals surface area contributed by atoms with E-state index in [2.05, 4.69) is 15.9 Å². The molecule has 8 heteroatoms. The first-order chi connectivity index (χ1) is 16.8. The highest BCUT2D eigenvalue weighted by molar-refractivity contribution is 9.10. The zero-order chi connectivity index (χ0) is 24.9. The lowest BCUT2D eigenvalue weighted by Crippen LogP contribution is -2.27. The lowest BCUT2D eigenvalue weighted by Gasteiger charge is -2.16. The number of carbonyl (C=O) groups excluding carboxylic acids is 4. The van der Waals surface area contributed by atoms with Crippen LogP contribution in [0.15, 0.2) is 77.3 Å². The van der Waals surface area contributed by atoms with Crippen molar-refractivity contribution in [3.05, 3.63) is 94.0 Å². The van der Waals surface area contributed by atoms with Gasteiger partial charge in [-0.15, -0.1) is 0 Å². The van der Waals surface area contributed by atoms with Gasteiger partial charge in [-0.2, -0.15) is 0 Å². The topological polar surface area (TPSA) is 90.0 Å². The van der Waals surface area contributed by atoms with Gasteiger partial charge in [-0.1, -0.05) is 33.6 Å². The van der Waals surface area contributed by atoms with E-state index in [4.69, 9.17) is 9.47 Å². The van der Waals surface area contributed by atoms with E-state index < -0.39 is 30.2 Å². The molecule has 0 bridgehead atoms. The third kappa shape index (κ3) is 6.02. The van der Waals surface area contributed by atoms with Crippen LogP contribution >= 0.6 is 15.9 Å². The van der Waals surface area contributed by atoms with Crippen LogP contribution in [0.3, 0.4) is 0 Å². The molecule has 0 N–H and O–H groups in total. The first-order valence-corrected chi connectivity index (χ1v) is 11.7. The minimum atomic E-state index is -0.628. The van der Waals surface area contributed by atoms with Crippen molar-refractivity contribution in [2.45, 2.75) is 13.3 Å². The molecule has 0 spiro atoms. The zero-order valence-electron chi connectivity index (χ0n) is 18.9. The van der Waals surface area contributed by atoms with Crippen LogP contribution in [-0.4, -0.2) is 36.8 Å². The van der Waals surface area contributed by atoms with Crippen molar-refractivity contribution >= 4 is 45.2 Å². The Morgan fingerprint density at radius 2 is 1.54 bits per heavy atom. The lowest BCUT2D eigenvalue weighted by atomic mass is 10.1. The SMILES string of the molecule is Cc1ccc(N2C[C@@H](C(=O)OCC(=O)c3ccc(OC(=O)c4ccc(Br)cc4)cc3)CC2=O)cc1. The number of nitrogens with zero attached hydrogens (tertiary/aromatic N) is 1. The maximum atomic E-state index is 12.5. The predicted octanol–water partition coefficient (Wildman–Crippen LogP) is 4.76. The Kier molecular flexibility index (Phi) is 7.41. The molecule has 3 aromatic rings. The molecule has 0 aliphatic carbocycles. The second-order valence-electron chi connectivity index (χ2n) is 8.19. The van der Waals surface area contributed by atoms with Crippen LogP contribution in [0.1, 0.15) is 32.7 Å². The van der Waals surface area contributed by atoms with Crippen molar-refractivity contribution in [2.75, 3.05) is 18.1 Å². The zero-order valence-corrected chi connectivity index (χ0v) is 20.5. The van der Waals surface area contributed by atoms with Gasteiger partial charge >= 0.3 is 11.9 Å². The van der Waals surface area contributed by atoms with Crippen molar-refractivity contribution in [1.29, 1.82) is 0 Å². The Labute approximate surface area is 210 Å². The number of ketones is 1. The van der Waals surface area contributed by atoms with Gasteiger partial charge in [0.2, 0.25) is 5.91 Å². The Bertz CT molecular complexity index is 1250. The maximum absolute atomic E-state index is 12.5. The molecule has 1 amide bonds. The first-order valence-electron chi connectivity index (χ1n) is 10.9. The number of amides is 1. The average molecular weight is 536 g/mol. The predicted molar refractivity (Wildman–Crippen MR) is 132 cm³/mol. The molecule has 7 nitrogen and oxygen atoms in total. The van der Waals surface area contributed by atoms with Gasteiger partial charge in [-0.25, -0.2) is 4.79 Å². The van der Waals surface area contributed by atoms with Crippen LogP contribution in [0.4, 0.5) is 5.69 Å². The number of hydrogen-bond donors (Lipinski definition) is 0. The monoisotopic (exact) mass is 535 g/mol. The van der Waals surface area contributed by atoms with Gasteiger partial charge in [-0.05, 0) is 67.6 Å². The number of carbonyl (C=O) groups is 4. The van der Waals surface area contributed by atoms with Gasteiger partial charge < -0.3 is 14.4 Å². The van der Waals surface area contributed by atoms with E-state index in [1.165, 1.54) is 24.3 Å². The van der Waals surface area contributed by atoms with Crippen LogP contribution in [0, 0.1) is 12.8 Å². The van der Waals surface area contributed by atoms with E-state index in [9.17, 15) is 19.2 Å². The number of benzene rings is 3. The summed E-state index contributed by atoms with van der Waals surface area (Å²) in [7, 11) is 0. The highest BCUT2D eigenvalue weighted by Gasteiger charge is 2.36. The number of hydrogen-bond acceptors (Lipinski definition) is 6. The normalized spacial score (nSPS) is 15.1. The number of aryl methyl sites for hydroxylation is 1. The molecule has 1 heterocycles. The smallest absolute Gasteiger partial charge is 0.343 e. The second-order valence-corrected chi connectivity index (χ2v) is 9.11. The minimum Gasteiger partial charge on any atom is -0.457 e. The molecular weight excluding hydrogens is 514 g/mol. The van der Waals surface area contributed by atoms with Crippen molar-refractivity contribution in [3.8, 4) is 5.75 Å². The quantitative estimate of drug-likeness (QED) is 0.246. The van der Waals surface area contributed by atoms with Gasteiger partial charge in [0, 0.05) is 28.7 Å². The summed E-state index contributed by atoms with van der Waals surface area (Å²) in [5, 5.41) is 0. The largest absolute Gasteiger partial charge is 0.457 e. The van der Waals surface area contributed by atoms with Crippen molar-refractivity contribution < 1.29 is 28.7 Å². The lowest BCUT2D eigenvalue weighted by molar-refractivity contribution is -0.147. The molecule has 1 aliphatic heterocycles. The molecule has 1 saturated heterocycles. The summed E-state index contributed by atoms with van der Waals surface area (Å²) in [5.41, 5.74) is 2.51. The molecule has 3 aromatic carbocycles. The van der Waals surface area contributed by atoms with Crippen LogP contribution in [0.5, 0.6) is 5.75 Å². The van der Waals surface area contributed by atoms with Gasteiger partial charge in [0.25, 0.3) is 0 Å². The number of Topliss-reactive ketones (excluding diaryl/α,β-unsaturated/α-hetero) is 1. The number of anilines is 1. The molecule has 178 valence electrons. The Hall–Kier alpha value is -3.78. The number of halogens is 1. The third-order valence-electron chi connectivity index (χ3n) is 5.62. The molecule has 4 rings (SSSR count). The average Bonchev–Trinajstić information content (AvgIpc) is 3.25. The maximum Gasteiger partial charge on any atom is 0.343 e.